The van der Waals surface area contributed by atoms with Crippen molar-refractivity contribution in [3.8, 4) is 5.75 Å². The molecule has 10 heteroatoms. The van der Waals surface area contributed by atoms with Gasteiger partial charge in [-0.15, -0.1) is 11.3 Å². The van der Waals surface area contributed by atoms with Crippen LogP contribution in [0.4, 0.5) is 11.4 Å². The van der Waals surface area contributed by atoms with E-state index >= 15 is 0 Å². The van der Waals surface area contributed by atoms with Gasteiger partial charge in [0.05, 0.1) is 40.6 Å². The first-order valence-corrected chi connectivity index (χ1v) is 12.7. The second-order valence-electron chi connectivity index (χ2n) is 8.02. The average Bonchev–Trinajstić information content (AvgIpc) is 3.25. The lowest BCUT2D eigenvalue weighted by Crippen LogP contribution is -2.36. The van der Waals surface area contributed by atoms with Crippen molar-refractivity contribution in [2.75, 3.05) is 23.5 Å². The summed E-state index contributed by atoms with van der Waals surface area (Å²) in [6.45, 7) is 0. The van der Waals surface area contributed by atoms with E-state index in [2.05, 4.69) is 15.6 Å². The van der Waals surface area contributed by atoms with Gasteiger partial charge in [0.15, 0.2) is 4.34 Å². The van der Waals surface area contributed by atoms with Crippen molar-refractivity contribution >= 4 is 62.5 Å². The molecule has 0 aliphatic heterocycles. The van der Waals surface area contributed by atoms with Crippen molar-refractivity contribution in [3.63, 3.8) is 0 Å². The van der Waals surface area contributed by atoms with Crippen molar-refractivity contribution in [2.45, 2.75) is 30.0 Å². The number of benzene rings is 2. The lowest BCUT2D eigenvalue weighted by molar-refractivity contribution is -0.147. The fourth-order valence-electron chi connectivity index (χ4n) is 4.08. The number of rotatable bonds is 8. The maximum atomic E-state index is 12.8. The van der Waals surface area contributed by atoms with E-state index in [1.165, 1.54) is 23.1 Å². The highest BCUT2D eigenvalue weighted by Crippen LogP contribution is 2.34. The zero-order valence-electron chi connectivity index (χ0n) is 18.6. The minimum Gasteiger partial charge on any atom is -0.495 e. The van der Waals surface area contributed by atoms with E-state index < -0.39 is 17.8 Å². The van der Waals surface area contributed by atoms with Crippen LogP contribution in [0.15, 0.2) is 46.8 Å². The summed E-state index contributed by atoms with van der Waals surface area (Å²) in [7, 11) is 1.55. The number of hydrogen-bond donors (Lipinski definition) is 3. The van der Waals surface area contributed by atoms with Crippen LogP contribution in [0, 0.1) is 11.8 Å². The number of carboxylic acids is 1. The first-order chi connectivity index (χ1) is 16.4. The number of nitrogens with one attached hydrogen (secondary N) is 2. The van der Waals surface area contributed by atoms with E-state index in [1.54, 1.807) is 25.3 Å². The maximum absolute atomic E-state index is 12.8. The Balaban J connectivity index is 1.37. The molecule has 178 valence electrons. The quantitative estimate of drug-likeness (QED) is 0.379. The van der Waals surface area contributed by atoms with Crippen molar-refractivity contribution in [3.05, 3.63) is 42.5 Å². The fourth-order valence-corrected chi connectivity index (χ4v) is 5.99. The Morgan fingerprint density at radius 3 is 2.65 bits per heavy atom. The van der Waals surface area contributed by atoms with Crippen molar-refractivity contribution < 1.29 is 24.2 Å². The van der Waals surface area contributed by atoms with E-state index in [0.717, 1.165) is 27.4 Å². The van der Waals surface area contributed by atoms with Gasteiger partial charge in [-0.3, -0.25) is 14.4 Å². The predicted molar refractivity (Wildman–Crippen MR) is 134 cm³/mol. The summed E-state index contributed by atoms with van der Waals surface area (Å²) in [6.07, 6.45) is 2.82. The van der Waals surface area contributed by atoms with E-state index in [0.29, 0.717) is 30.0 Å². The molecule has 34 heavy (non-hydrogen) atoms. The smallest absolute Gasteiger partial charge is 0.307 e. The first kappa shape index (κ1) is 24.0. The normalized spacial score (nSPS) is 17.8. The standard InChI is InChI=1S/C24H25N3O5S2/c1-32-19-9-5-4-8-17(19)26-21(28)13-33-24-27-18-11-10-14(12-20(18)34-24)25-22(29)15-6-2-3-7-16(15)23(30)31/h4-5,8-12,15-16H,2-3,6-7,13H2,1H3,(H,25,29)(H,26,28)(H,30,31)/t15-,16-/m1/s1. The number of anilines is 2. The Morgan fingerprint density at radius 1 is 1.12 bits per heavy atom. The van der Waals surface area contributed by atoms with E-state index in [-0.39, 0.29) is 17.6 Å². The largest absolute Gasteiger partial charge is 0.495 e. The third kappa shape index (κ3) is 5.68. The molecule has 3 aromatic rings. The molecule has 0 radical (unpaired) electrons. The molecular formula is C24H25N3O5S2. The number of nitrogens with zero attached hydrogens (tertiary/aromatic N) is 1. The summed E-state index contributed by atoms with van der Waals surface area (Å²) in [4.78, 5) is 41.2. The molecule has 2 amide bonds. The van der Waals surface area contributed by atoms with Crippen molar-refractivity contribution in [1.29, 1.82) is 0 Å². The highest BCUT2D eigenvalue weighted by atomic mass is 32.2. The molecule has 1 aromatic heterocycles. The number of aromatic nitrogens is 1. The van der Waals surface area contributed by atoms with Gasteiger partial charge in [-0.05, 0) is 43.2 Å². The Bertz CT molecular complexity index is 1210. The van der Waals surface area contributed by atoms with Gasteiger partial charge in [-0.25, -0.2) is 4.98 Å². The number of carbonyl (C=O) groups is 3. The molecule has 1 fully saturated rings. The van der Waals surface area contributed by atoms with Crippen LogP contribution in [0.1, 0.15) is 25.7 Å². The maximum Gasteiger partial charge on any atom is 0.307 e. The number of fused-ring (bicyclic) bond motifs is 1. The number of ether oxygens (including phenoxy) is 1. The minimum absolute atomic E-state index is 0.165. The molecule has 0 spiro atoms. The molecule has 8 nitrogen and oxygen atoms in total. The summed E-state index contributed by atoms with van der Waals surface area (Å²) in [5.74, 6) is -1.69. The van der Waals surface area contributed by atoms with Crippen LogP contribution in [-0.4, -0.2) is 40.7 Å². The summed E-state index contributed by atoms with van der Waals surface area (Å²) in [5.41, 5.74) is 2.00. The Morgan fingerprint density at radius 2 is 1.88 bits per heavy atom. The summed E-state index contributed by atoms with van der Waals surface area (Å²) in [6, 6.07) is 12.6. The average molecular weight is 500 g/mol. The van der Waals surface area contributed by atoms with E-state index in [4.69, 9.17) is 4.74 Å². The van der Waals surface area contributed by atoms with Crippen LogP contribution in [0.5, 0.6) is 5.75 Å². The van der Waals surface area contributed by atoms with Crippen molar-refractivity contribution in [1.82, 2.24) is 4.98 Å². The molecule has 0 saturated heterocycles. The number of methoxy groups -OCH3 is 1. The van der Waals surface area contributed by atoms with Gasteiger partial charge in [-0.2, -0.15) is 0 Å². The van der Waals surface area contributed by atoms with E-state index in [1.807, 2.05) is 24.3 Å². The number of carbonyl (C=O) groups excluding carboxylic acids is 2. The molecule has 4 rings (SSSR count). The number of thioether (sulfide) groups is 1. The molecular weight excluding hydrogens is 474 g/mol. The van der Waals surface area contributed by atoms with Gasteiger partial charge in [0.2, 0.25) is 11.8 Å². The van der Waals surface area contributed by atoms with Gasteiger partial charge in [0, 0.05) is 5.69 Å². The summed E-state index contributed by atoms with van der Waals surface area (Å²) < 4.78 is 6.87. The number of hydrogen-bond acceptors (Lipinski definition) is 7. The molecule has 0 bridgehead atoms. The number of thiazole rings is 1. The Hall–Kier alpha value is -3.11. The second-order valence-corrected chi connectivity index (χ2v) is 10.3. The van der Waals surface area contributed by atoms with Gasteiger partial charge in [0.1, 0.15) is 5.75 Å². The summed E-state index contributed by atoms with van der Waals surface area (Å²) >= 11 is 2.77. The zero-order valence-corrected chi connectivity index (χ0v) is 20.2. The van der Waals surface area contributed by atoms with Crippen LogP contribution in [0.3, 0.4) is 0 Å². The van der Waals surface area contributed by atoms with Crippen LogP contribution in [0.25, 0.3) is 10.2 Å². The van der Waals surface area contributed by atoms with Crippen LogP contribution in [-0.2, 0) is 14.4 Å². The summed E-state index contributed by atoms with van der Waals surface area (Å²) in [5, 5.41) is 15.2. The monoisotopic (exact) mass is 499 g/mol. The number of amides is 2. The number of para-hydroxylation sites is 2. The van der Waals surface area contributed by atoms with Gasteiger partial charge >= 0.3 is 5.97 Å². The zero-order chi connectivity index (χ0) is 24.1. The molecule has 2 atom stereocenters. The molecule has 1 aliphatic carbocycles. The third-order valence-corrected chi connectivity index (χ3v) is 7.93. The molecule has 3 N–H and O–H groups in total. The minimum atomic E-state index is -0.908. The highest BCUT2D eigenvalue weighted by molar-refractivity contribution is 8.01. The topological polar surface area (TPSA) is 118 Å². The SMILES string of the molecule is COc1ccccc1NC(=O)CSc1nc2ccc(NC(=O)[C@@H]3CCCC[C@H]3C(=O)O)cc2s1. The second kappa shape index (κ2) is 10.9. The predicted octanol–water partition coefficient (Wildman–Crippen LogP) is 4.87. The fraction of sp³-hybridized carbons (Fsp3) is 0.333. The van der Waals surface area contributed by atoms with Gasteiger partial charge < -0.3 is 20.5 Å². The van der Waals surface area contributed by atoms with Crippen LogP contribution in [0.2, 0.25) is 0 Å². The number of carboxylic acid groups (broad SMARTS) is 1. The molecule has 1 aliphatic rings. The molecule has 0 unspecified atom stereocenters. The third-order valence-electron chi connectivity index (χ3n) is 5.76. The molecule has 2 aromatic carbocycles. The molecule has 1 saturated carbocycles. The highest BCUT2D eigenvalue weighted by Gasteiger charge is 2.35. The van der Waals surface area contributed by atoms with Crippen LogP contribution >= 0.6 is 23.1 Å². The Kier molecular flexibility index (Phi) is 7.69. The first-order valence-electron chi connectivity index (χ1n) is 10.9. The molecule has 1 heterocycles. The van der Waals surface area contributed by atoms with Crippen molar-refractivity contribution in [2.24, 2.45) is 11.8 Å². The van der Waals surface area contributed by atoms with Crippen LogP contribution < -0.4 is 15.4 Å². The lowest BCUT2D eigenvalue weighted by Gasteiger charge is -2.27. The Labute approximate surface area is 205 Å². The van der Waals surface area contributed by atoms with Gasteiger partial charge in [-0.1, -0.05) is 36.7 Å². The van der Waals surface area contributed by atoms with Gasteiger partial charge in [0.25, 0.3) is 0 Å². The number of aliphatic carboxylic acids is 1. The van der Waals surface area contributed by atoms with E-state index in [9.17, 15) is 19.5 Å². The lowest BCUT2D eigenvalue weighted by atomic mass is 9.78.